The van der Waals surface area contributed by atoms with Crippen LogP contribution in [0.2, 0.25) is 0 Å². The molecule has 0 unspecified atom stereocenters. The van der Waals surface area contributed by atoms with Gasteiger partial charge in [-0.15, -0.1) is 11.8 Å². The van der Waals surface area contributed by atoms with Crippen molar-refractivity contribution in [2.45, 2.75) is 87.8 Å². The van der Waals surface area contributed by atoms with Crippen LogP contribution in [0.3, 0.4) is 0 Å². The SMILES string of the molecule is C[C@H]1C=C2C=C[C@H](C)[C@H](CC[C@@H]3C[C@@H](O)CC(=O)O3)[C@H]2[C@@H](OC(=O)C(C)(C)Sc2ccncc2)C1. The van der Waals surface area contributed by atoms with E-state index in [1.54, 1.807) is 12.4 Å². The zero-order chi connectivity index (χ0) is 25.2. The van der Waals surface area contributed by atoms with Crippen LogP contribution in [-0.4, -0.2) is 45.1 Å². The van der Waals surface area contributed by atoms with Crippen molar-refractivity contribution < 1.29 is 24.2 Å². The Bertz CT molecular complexity index is 975. The van der Waals surface area contributed by atoms with Gasteiger partial charge in [0.05, 0.1) is 12.5 Å². The summed E-state index contributed by atoms with van der Waals surface area (Å²) in [6.45, 7) is 8.20. The third-order valence-electron chi connectivity index (χ3n) is 7.43. The van der Waals surface area contributed by atoms with Gasteiger partial charge in [0.2, 0.25) is 0 Å². The summed E-state index contributed by atoms with van der Waals surface area (Å²) in [4.78, 5) is 30.2. The highest BCUT2D eigenvalue weighted by Gasteiger charge is 2.43. The lowest BCUT2D eigenvalue weighted by Gasteiger charge is -2.44. The standard InChI is InChI=1S/C28H37NO5S/c1-17-13-19-6-5-18(2)23(8-7-21-15-20(30)16-25(31)33-21)26(19)24(14-17)34-27(32)28(3,4)35-22-9-11-29-12-10-22/h5-6,9-13,17-18,20-21,23-24,26,30H,7-8,14-16H2,1-4H3/t17-,18-,20+,21+,23-,24-,26-/m0/s1. The number of carbonyl (C=O) groups is 2. The fraction of sp³-hybridized carbons (Fsp3) is 0.607. The number of ether oxygens (including phenoxy) is 2. The van der Waals surface area contributed by atoms with Crippen LogP contribution in [0.1, 0.15) is 59.8 Å². The number of aliphatic hydroxyl groups excluding tert-OH is 1. The molecule has 1 aromatic heterocycles. The van der Waals surface area contributed by atoms with E-state index in [9.17, 15) is 14.7 Å². The number of cyclic esters (lactones) is 1. The quantitative estimate of drug-likeness (QED) is 0.412. The van der Waals surface area contributed by atoms with Gasteiger partial charge in [0.15, 0.2) is 0 Å². The van der Waals surface area contributed by atoms with E-state index < -0.39 is 10.9 Å². The molecule has 0 radical (unpaired) electrons. The molecule has 1 fully saturated rings. The molecule has 3 aliphatic rings. The molecule has 2 aliphatic carbocycles. The van der Waals surface area contributed by atoms with E-state index in [1.807, 2.05) is 26.0 Å². The highest BCUT2D eigenvalue weighted by atomic mass is 32.2. The molecule has 1 aromatic rings. The van der Waals surface area contributed by atoms with E-state index in [0.29, 0.717) is 24.7 Å². The third-order valence-corrected chi connectivity index (χ3v) is 8.61. The Hall–Kier alpha value is -2.12. The molecule has 1 N–H and O–H groups in total. The molecule has 0 saturated carbocycles. The largest absolute Gasteiger partial charge is 0.462 e. The van der Waals surface area contributed by atoms with E-state index in [-0.39, 0.29) is 42.4 Å². The normalized spacial score (nSPS) is 32.9. The zero-order valence-electron chi connectivity index (χ0n) is 21.1. The Morgan fingerprint density at radius 1 is 1.23 bits per heavy atom. The molecule has 2 heterocycles. The lowest BCUT2D eigenvalue weighted by molar-refractivity contribution is -0.161. The molecule has 6 nitrogen and oxygen atoms in total. The lowest BCUT2D eigenvalue weighted by Crippen LogP contribution is -2.44. The minimum atomic E-state index is -0.732. The van der Waals surface area contributed by atoms with Gasteiger partial charge in [-0.05, 0) is 68.6 Å². The van der Waals surface area contributed by atoms with Crippen molar-refractivity contribution in [2.75, 3.05) is 0 Å². The highest BCUT2D eigenvalue weighted by molar-refractivity contribution is 8.01. The van der Waals surface area contributed by atoms with E-state index in [4.69, 9.17) is 9.47 Å². The first-order chi connectivity index (χ1) is 16.6. The number of fused-ring (bicyclic) bond motifs is 1. The Balaban J connectivity index is 1.48. The zero-order valence-corrected chi connectivity index (χ0v) is 21.9. The second-order valence-corrected chi connectivity index (χ2v) is 12.5. The average Bonchev–Trinajstić information content (AvgIpc) is 2.78. The van der Waals surface area contributed by atoms with Crippen molar-refractivity contribution in [3.63, 3.8) is 0 Å². The summed E-state index contributed by atoms with van der Waals surface area (Å²) in [5.74, 6) is 0.492. The van der Waals surface area contributed by atoms with Gasteiger partial charge in [-0.2, -0.15) is 0 Å². The number of rotatable bonds is 7. The second kappa shape index (κ2) is 10.9. The minimum Gasteiger partial charge on any atom is -0.462 e. The van der Waals surface area contributed by atoms with Gasteiger partial charge in [-0.3, -0.25) is 14.6 Å². The number of carbonyl (C=O) groups excluding carboxylic acids is 2. The van der Waals surface area contributed by atoms with Crippen molar-refractivity contribution in [2.24, 2.45) is 23.7 Å². The van der Waals surface area contributed by atoms with Crippen LogP contribution >= 0.6 is 11.8 Å². The summed E-state index contributed by atoms with van der Waals surface area (Å²) in [5, 5.41) is 9.99. The number of esters is 2. The maximum absolute atomic E-state index is 13.4. The molecule has 0 amide bonds. The lowest BCUT2D eigenvalue weighted by atomic mass is 9.65. The van der Waals surface area contributed by atoms with Crippen molar-refractivity contribution >= 4 is 23.7 Å². The molecule has 0 spiro atoms. The minimum absolute atomic E-state index is 0.0811. The summed E-state index contributed by atoms with van der Waals surface area (Å²) in [7, 11) is 0. The monoisotopic (exact) mass is 499 g/mol. The van der Waals surface area contributed by atoms with E-state index in [1.165, 1.54) is 17.3 Å². The van der Waals surface area contributed by atoms with Crippen LogP contribution < -0.4 is 0 Å². The van der Waals surface area contributed by atoms with Crippen LogP contribution in [0.15, 0.2) is 53.2 Å². The molecular formula is C28H37NO5S. The molecule has 4 rings (SSSR count). The van der Waals surface area contributed by atoms with Crippen molar-refractivity contribution in [1.29, 1.82) is 0 Å². The number of allylic oxidation sites excluding steroid dienone is 3. The summed E-state index contributed by atoms with van der Waals surface area (Å²) in [6.07, 6.45) is 12.1. The van der Waals surface area contributed by atoms with Gasteiger partial charge in [-0.1, -0.05) is 32.1 Å². The van der Waals surface area contributed by atoms with Crippen LogP contribution in [-0.2, 0) is 19.1 Å². The Labute approximate surface area is 212 Å². The molecule has 190 valence electrons. The van der Waals surface area contributed by atoms with Crippen LogP contribution in [0, 0.1) is 23.7 Å². The summed E-state index contributed by atoms with van der Waals surface area (Å²) in [6, 6.07) is 3.81. The van der Waals surface area contributed by atoms with Gasteiger partial charge in [0.1, 0.15) is 17.0 Å². The number of pyridine rings is 1. The predicted molar refractivity (Wildman–Crippen MR) is 136 cm³/mol. The fourth-order valence-corrected chi connectivity index (χ4v) is 6.64. The smallest absolute Gasteiger partial charge is 0.322 e. The third kappa shape index (κ3) is 6.36. The van der Waals surface area contributed by atoms with Crippen LogP contribution in [0.25, 0.3) is 0 Å². The molecule has 0 aromatic carbocycles. The Morgan fingerprint density at radius 3 is 2.69 bits per heavy atom. The fourth-order valence-electron chi connectivity index (χ4n) is 5.66. The molecule has 1 saturated heterocycles. The number of aromatic nitrogens is 1. The number of thioether (sulfide) groups is 1. The summed E-state index contributed by atoms with van der Waals surface area (Å²) in [5.41, 5.74) is 1.24. The average molecular weight is 500 g/mol. The molecule has 7 heteroatoms. The number of aliphatic hydroxyl groups is 1. The van der Waals surface area contributed by atoms with E-state index in [2.05, 4.69) is 37.1 Å². The summed E-state index contributed by atoms with van der Waals surface area (Å²) >= 11 is 1.49. The number of hydrogen-bond acceptors (Lipinski definition) is 7. The first-order valence-electron chi connectivity index (χ1n) is 12.7. The topological polar surface area (TPSA) is 85.7 Å². The first kappa shape index (κ1) is 26.0. The van der Waals surface area contributed by atoms with E-state index in [0.717, 1.165) is 17.7 Å². The molecular weight excluding hydrogens is 462 g/mol. The van der Waals surface area contributed by atoms with Crippen molar-refractivity contribution in [3.8, 4) is 0 Å². The number of hydrogen-bond donors (Lipinski definition) is 1. The maximum Gasteiger partial charge on any atom is 0.322 e. The molecule has 7 atom stereocenters. The molecule has 1 aliphatic heterocycles. The van der Waals surface area contributed by atoms with Gasteiger partial charge < -0.3 is 14.6 Å². The van der Waals surface area contributed by atoms with Crippen molar-refractivity contribution in [3.05, 3.63) is 48.3 Å². The van der Waals surface area contributed by atoms with Gasteiger partial charge >= 0.3 is 11.9 Å². The van der Waals surface area contributed by atoms with Crippen LogP contribution in [0.4, 0.5) is 0 Å². The maximum atomic E-state index is 13.4. The molecule has 35 heavy (non-hydrogen) atoms. The first-order valence-corrected chi connectivity index (χ1v) is 13.5. The number of nitrogens with zero attached hydrogens (tertiary/aromatic N) is 1. The van der Waals surface area contributed by atoms with E-state index >= 15 is 0 Å². The predicted octanol–water partition coefficient (Wildman–Crippen LogP) is 5.12. The van der Waals surface area contributed by atoms with Gasteiger partial charge in [0, 0.05) is 29.6 Å². The second-order valence-electron chi connectivity index (χ2n) is 10.8. The van der Waals surface area contributed by atoms with Crippen LogP contribution in [0.5, 0.6) is 0 Å². The van der Waals surface area contributed by atoms with Crippen molar-refractivity contribution in [1.82, 2.24) is 4.98 Å². The summed E-state index contributed by atoms with van der Waals surface area (Å²) < 4.78 is 11.1. The van der Waals surface area contributed by atoms with Gasteiger partial charge in [0.25, 0.3) is 0 Å². The van der Waals surface area contributed by atoms with Gasteiger partial charge in [-0.25, -0.2) is 0 Å². The highest BCUT2D eigenvalue weighted by Crippen LogP contribution is 2.46. The molecule has 0 bridgehead atoms. The Morgan fingerprint density at radius 2 is 1.97 bits per heavy atom. The Kier molecular flexibility index (Phi) is 8.06.